The van der Waals surface area contributed by atoms with Crippen molar-refractivity contribution in [3.8, 4) is 0 Å². The van der Waals surface area contributed by atoms with Gasteiger partial charge in [0.05, 0.1) is 0 Å². The van der Waals surface area contributed by atoms with Crippen molar-refractivity contribution in [3.05, 3.63) is 120 Å². The van der Waals surface area contributed by atoms with Gasteiger partial charge in [-0.2, -0.15) is 0 Å². The molecule has 0 fully saturated rings. The van der Waals surface area contributed by atoms with Crippen LogP contribution in [-0.4, -0.2) is 19.9 Å². The van der Waals surface area contributed by atoms with E-state index < -0.39 is 0 Å². The maximum absolute atomic E-state index is 4.31. The lowest BCUT2D eigenvalue weighted by Crippen LogP contribution is -2.22. The zero-order valence-corrected chi connectivity index (χ0v) is 18.6. The van der Waals surface area contributed by atoms with E-state index in [0.29, 0.717) is 11.8 Å². The van der Waals surface area contributed by atoms with Gasteiger partial charge < -0.3 is 0 Å². The van der Waals surface area contributed by atoms with E-state index in [-0.39, 0.29) is 5.92 Å². The van der Waals surface area contributed by atoms with Crippen LogP contribution < -0.4 is 0 Å². The molecular formula is C28H30N4. The zero-order valence-electron chi connectivity index (χ0n) is 18.6. The fourth-order valence-corrected chi connectivity index (χ4v) is 4.75. The monoisotopic (exact) mass is 422 g/mol. The van der Waals surface area contributed by atoms with Crippen molar-refractivity contribution >= 4 is 0 Å². The van der Waals surface area contributed by atoms with Crippen molar-refractivity contribution < 1.29 is 0 Å². The number of pyridine rings is 4. The molecule has 4 aromatic heterocycles. The molecule has 4 heteroatoms. The molecule has 3 atom stereocenters. The highest BCUT2D eigenvalue weighted by molar-refractivity contribution is 5.34. The van der Waals surface area contributed by atoms with E-state index >= 15 is 0 Å². The summed E-state index contributed by atoms with van der Waals surface area (Å²) >= 11 is 0. The smallest absolute Gasteiger partial charge is 0.0270 e. The number of hydrogen-bond acceptors (Lipinski definition) is 4. The second-order valence-electron chi connectivity index (χ2n) is 8.28. The van der Waals surface area contributed by atoms with Gasteiger partial charge in [0.2, 0.25) is 0 Å². The third-order valence-corrected chi connectivity index (χ3v) is 6.30. The molecule has 0 spiro atoms. The summed E-state index contributed by atoms with van der Waals surface area (Å²) in [7, 11) is 0. The SMILES string of the molecule is CCCCC(c1ccncc1)C(c1ccncc1)C(Cc1ccncc1)c1ccncc1. The Labute approximate surface area is 190 Å². The fourth-order valence-electron chi connectivity index (χ4n) is 4.75. The Morgan fingerprint density at radius 2 is 1.00 bits per heavy atom. The van der Waals surface area contributed by atoms with Crippen molar-refractivity contribution in [3.63, 3.8) is 0 Å². The van der Waals surface area contributed by atoms with Crippen LogP contribution in [0.1, 0.15) is 66.2 Å². The molecule has 4 rings (SSSR count). The standard InChI is InChI=1S/C28H30N4/c1-2-3-4-26(23-7-15-30-16-8-23)28(25-11-19-32-20-12-25)27(24-9-17-31-18-10-24)21-22-5-13-29-14-6-22/h5-20,26-28H,2-4,21H2,1H3. The lowest BCUT2D eigenvalue weighted by atomic mass is 9.68. The highest BCUT2D eigenvalue weighted by Crippen LogP contribution is 2.47. The summed E-state index contributed by atoms with van der Waals surface area (Å²) in [6.07, 6.45) is 19.7. The molecule has 4 heterocycles. The molecule has 4 nitrogen and oxygen atoms in total. The molecule has 0 amide bonds. The van der Waals surface area contributed by atoms with Gasteiger partial charge in [-0.1, -0.05) is 19.8 Å². The molecule has 32 heavy (non-hydrogen) atoms. The summed E-state index contributed by atoms with van der Waals surface area (Å²) in [6.45, 7) is 2.27. The summed E-state index contributed by atoms with van der Waals surface area (Å²) in [6, 6.07) is 17.3. The zero-order chi connectivity index (χ0) is 22.0. The first kappa shape index (κ1) is 21.8. The number of nitrogens with zero attached hydrogens (tertiary/aromatic N) is 4. The molecule has 0 aromatic carbocycles. The predicted molar refractivity (Wildman–Crippen MR) is 128 cm³/mol. The summed E-state index contributed by atoms with van der Waals surface area (Å²) in [4.78, 5) is 17.1. The predicted octanol–water partition coefficient (Wildman–Crippen LogP) is 6.35. The molecule has 0 aliphatic carbocycles. The molecule has 4 aromatic rings. The molecule has 0 saturated heterocycles. The second kappa shape index (κ2) is 11.3. The Morgan fingerprint density at radius 3 is 1.50 bits per heavy atom. The Hall–Kier alpha value is -3.40. The maximum atomic E-state index is 4.31. The van der Waals surface area contributed by atoms with Crippen LogP contribution in [0.25, 0.3) is 0 Å². The third kappa shape index (κ3) is 5.44. The maximum Gasteiger partial charge on any atom is 0.0270 e. The van der Waals surface area contributed by atoms with Gasteiger partial charge >= 0.3 is 0 Å². The highest BCUT2D eigenvalue weighted by Gasteiger charge is 2.33. The van der Waals surface area contributed by atoms with E-state index in [2.05, 4.69) is 75.4 Å². The number of aromatic nitrogens is 4. The Kier molecular flexibility index (Phi) is 7.69. The minimum Gasteiger partial charge on any atom is -0.265 e. The van der Waals surface area contributed by atoms with Crippen molar-refractivity contribution in [2.45, 2.75) is 50.4 Å². The largest absolute Gasteiger partial charge is 0.265 e. The molecule has 0 aliphatic rings. The van der Waals surface area contributed by atoms with Crippen molar-refractivity contribution in [2.75, 3.05) is 0 Å². The van der Waals surface area contributed by atoms with Crippen LogP contribution in [0.4, 0.5) is 0 Å². The first-order valence-corrected chi connectivity index (χ1v) is 11.5. The molecular weight excluding hydrogens is 392 g/mol. The molecule has 0 aliphatic heterocycles. The summed E-state index contributed by atoms with van der Waals surface area (Å²) in [5.74, 6) is 0.959. The van der Waals surface area contributed by atoms with Crippen LogP contribution in [0.15, 0.2) is 98.1 Å². The summed E-state index contributed by atoms with van der Waals surface area (Å²) in [5.41, 5.74) is 5.29. The van der Waals surface area contributed by atoms with E-state index in [9.17, 15) is 0 Å². The number of unbranched alkanes of at least 4 members (excludes halogenated alkanes) is 1. The van der Waals surface area contributed by atoms with E-state index in [1.807, 2.05) is 49.6 Å². The summed E-state index contributed by atoms with van der Waals surface area (Å²) in [5, 5.41) is 0. The van der Waals surface area contributed by atoms with Gasteiger partial charge in [0.1, 0.15) is 0 Å². The second-order valence-corrected chi connectivity index (χ2v) is 8.28. The van der Waals surface area contributed by atoms with E-state index in [1.54, 1.807) is 0 Å². The van der Waals surface area contributed by atoms with Crippen molar-refractivity contribution in [1.29, 1.82) is 0 Å². The minimum atomic E-state index is 0.290. The summed E-state index contributed by atoms with van der Waals surface area (Å²) < 4.78 is 0. The van der Waals surface area contributed by atoms with Crippen LogP contribution in [0, 0.1) is 0 Å². The van der Waals surface area contributed by atoms with Crippen molar-refractivity contribution in [1.82, 2.24) is 19.9 Å². The van der Waals surface area contributed by atoms with E-state index in [1.165, 1.54) is 35.1 Å². The number of rotatable bonds is 10. The highest BCUT2D eigenvalue weighted by atomic mass is 14.6. The quantitative estimate of drug-likeness (QED) is 0.299. The van der Waals surface area contributed by atoms with Crippen LogP contribution in [-0.2, 0) is 6.42 Å². The average Bonchev–Trinajstić information content (AvgIpc) is 2.88. The molecule has 0 bridgehead atoms. The van der Waals surface area contributed by atoms with Gasteiger partial charge in [-0.25, -0.2) is 0 Å². The normalized spacial score (nSPS) is 13.9. The van der Waals surface area contributed by atoms with Gasteiger partial charge in [-0.3, -0.25) is 19.9 Å². The molecule has 0 radical (unpaired) electrons. The molecule has 0 N–H and O–H groups in total. The first-order chi connectivity index (χ1) is 15.9. The van der Waals surface area contributed by atoms with Gasteiger partial charge in [-0.15, -0.1) is 0 Å². The van der Waals surface area contributed by atoms with Crippen molar-refractivity contribution in [2.24, 2.45) is 0 Å². The van der Waals surface area contributed by atoms with Crippen LogP contribution in [0.2, 0.25) is 0 Å². The third-order valence-electron chi connectivity index (χ3n) is 6.30. The minimum absolute atomic E-state index is 0.290. The average molecular weight is 423 g/mol. The molecule has 3 unspecified atom stereocenters. The first-order valence-electron chi connectivity index (χ1n) is 11.5. The van der Waals surface area contributed by atoms with Gasteiger partial charge in [0.15, 0.2) is 0 Å². The lowest BCUT2D eigenvalue weighted by molar-refractivity contribution is 0.417. The van der Waals surface area contributed by atoms with Gasteiger partial charge in [-0.05, 0) is 101 Å². The van der Waals surface area contributed by atoms with Crippen LogP contribution in [0.3, 0.4) is 0 Å². The van der Waals surface area contributed by atoms with Gasteiger partial charge in [0.25, 0.3) is 0 Å². The molecule has 0 saturated carbocycles. The Bertz CT molecular complexity index is 1040. The van der Waals surface area contributed by atoms with E-state index in [4.69, 9.17) is 0 Å². The molecule has 162 valence electrons. The Morgan fingerprint density at radius 1 is 0.562 bits per heavy atom. The van der Waals surface area contributed by atoms with E-state index in [0.717, 1.165) is 12.8 Å². The number of hydrogen-bond donors (Lipinski definition) is 0. The van der Waals surface area contributed by atoms with Crippen LogP contribution >= 0.6 is 0 Å². The lowest BCUT2D eigenvalue weighted by Gasteiger charge is -2.35. The topological polar surface area (TPSA) is 51.6 Å². The van der Waals surface area contributed by atoms with Crippen LogP contribution in [0.5, 0.6) is 0 Å². The van der Waals surface area contributed by atoms with Gasteiger partial charge in [0, 0.05) is 49.6 Å². The Balaban J connectivity index is 1.85. The fraction of sp³-hybridized carbons (Fsp3) is 0.286.